The van der Waals surface area contributed by atoms with Crippen LogP contribution in [0, 0.1) is 0 Å². The van der Waals surface area contributed by atoms with Gasteiger partial charge < -0.3 is 14.4 Å². The Morgan fingerprint density at radius 3 is 2.25 bits per heavy atom. The van der Waals surface area contributed by atoms with Gasteiger partial charge in [-0.3, -0.25) is 0 Å². The maximum Gasteiger partial charge on any atom is 0.120 e. The van der Waals surface area contributed by atoms with E-state index in [1.807, 2.05) is 0 Å². The molecule has 3 nitrogen and oxygen atoms in total. The molecule has 1 aromatic heterocycles. The lowest BCUT2D eigenvalue weighted by Crippen LogP contribution is -2.31. The maximum atomic E-state index is 2.20. The van der Waals surface area contributed by atoms with Crippen LogP contribution in [0.25, 0.3) is 6.08 Å². The monoisotopic (exact) mass is 331 g/mol. The van der Waals surface area contributed by atoms with Gasteiger partial charge in [-0.2, -0.15) is 0 Å². The molecule has 0 saturated heterocycles. The van der Waals surface area contributed by atoms with Gasteiger partial charge in [0.25, 0.3) is 0 Å². The topological polar surface area (TPSA) is 11.4 Å². The Balaban J connectivity index is 0.00000128. The average Bonchev–Trinajstić information content (AvgIpc) is 2.73. The molecule has 88 valence electrons. The first-order valence-corrected chi connectivity index (χ1v) is 5.10. The Morgan fingerprint density at radius 2 is 1.75 bits per heavy atom. The number of likely N-dealkylation sites (N-methyl/N-ethyl adjacent to an activating group) is 2. The first kappa shape index (κ1) is 13.2. The van der Waals surface area contributed by atoms with Crippen LogP contribution >= 0.6 is 24.0 Å². The highest BCUT2D eigenvalue weighted by molar-refractivity contribution is 14.0. The fourth-order valence-corrected chi connectivity index (χ4v) is 1.78. The van der Waals surface area contributed by atoms with E-state index in [0.29, 0.717) is 6.17 Å². The number of rotatable bonds is 2. The highest BCUT2D eigenvalue weighted by Gasteiger charge is 2.16. The van der Waals surface area contributed by atoms with Gasteiger partial charge in [-0.1, -0.05) is 0 Å². The lowest BCUT2D eigenvalue weighted by atomic mass is 10.3. The highest BCUT2D eigenvalue weighted by atomic mass is 127. The first-order valence-electron chi connectivity index (χ1n) is 5.10. The van der Waals surface area contributed by atoms with Gasteiger partial charge in [0.1, 0.15) is 6.17 Å². The number of hydrogen-bond acceptors (Lipinski definition) is 2. The van der Waals surface area contributed by atoms with Crippen LogP contribution in [-0.2, 0) is 7.05 Å². The van der Waals surface area contributed by atoms with Crippen molar-refractivity contribution in [3.8, 4) is 0 Å². The second-order valence-electron chi connectivity index (χ2n) is 3.95. The standard InChI is InChI=1S/C12H17N3.HI/c1-13-8-4-5-11(13)6-7-12-14(2)9-10-15(12)3;/h4-10,12H,1-3H3;1H/b7-6+;. The van der Waals surface area contributed by atoms with Gasteiger partial charge >= 0.3 is 0 Å². The number of aryl methyl sites for hydroxylation is 1. The molecule has 0 unspecified atom stereocenters. The van der Waals surface area contributed by atoms with Crippen molar-refractivity contribution in [1.29, 1.82) is 0 Å². The van der Waals surface area contributed by atoms with Gasteiger partial charge in [-0.25, -0.2) is 0 Å². The van der Waals surface area contributed by atoms with Gasteiger partial charge in [-0.15, -0.1) is 24.0 Å². The number of aromatic nitrogens is 1. The van der Waals surface area contributed by atoms with Crippen LogP contribution in [0.5, 0.6) is 0 Å². The molecule has 0 amide bonds. The van der Waals surface area contributed by atoms with Crippen molar-refractivity contribution in [2.75, 3.05) is 14.1 Å². The van der Waals surface area contributed by atoms with E-state index < -0.39 is 0 Å². The normalized spacial score (nSPS) is 16.2. The van der Waals surface area contributed by atoms with Crippen LogP contribution in [0.1, 0.15) is 5.69 Å². The van der Waals surface area contributed by atoms with Crippen LogP contribution in [0.2, 0.25) is 0 Å². The van der Waals surface area contributed by atoms with E-state index in [2.05, 4.69) is 78.4 Å². The molecule has 0 spiro atoms. The summed E-state index contributed by atoms with van der Waals surface area (Å²) in [6.45, 7) is 0. The zero-order valence-corrected chi connectivity index (χ0v) is 12.2. The molecule has 0 N–H and O–H groups in total. The van der Waals surface area contributed by atoms with E-state index in [9.17, 15) is 0 Å². The third kappa shape index (κ3) is 2.61. The van der Waals surface area contributed by atoms with Crippen LogP contribution in [0.4, 0.5) is 0 Å². The second kappa shape index (κ2) is 5.43. The van der Waals surface area contributed by atoms with Gasteiger partial charge in [0.05, 0.1) is 0 Å². The average molecular weight is 331 g/mol. The van der Waals surface area contributed by atoms with Crippen molar-refractivity contribution in [2.24, 2.45) is 7.05 Å². The molecule has 2 heterocycles. The number of hydrogen-bond donors (Lipinski definition) is 0. The second-order valence-corrected chi connectivity index (χ2v) is 3.95. The van der Waals surface area contributed by atoms with E-state index in [0.717, 1.165) is 0 Å². The van der Waals surface area contributed by atoms with Gasteiger partial charge in [0.15, 0.2) is 0 Å². The van der Waals surface area contributed by atoms with Crippen molar-refractivity contribution in [1.82, 2.24) is 14.4 Å². The first-order chi connectivity index (χ1) is 7.18. The Labute approximate surface area is 114 Å². The summed E-state index contributed by atoms with van der Waals surface area (Å²) in [5, 5.41) is 0. The van der Waals surface area contributed by atoms with Crippen molar-refractivity contribution >= 4 is 30.1 Å². The zero-order valence-electron chi connectivity index (χ0n) is 9.87. The summed E-state index contributed by atoms with van der Waals surface area (Å²) in [7, 11) is 6.22. The molecule has 0 saturated carbocycles. The minimum absolute atomic E-state index is 0. The summed E-state index contributed by atoms with van der Waals surface area (Å²) in [5.41, 5.74) is 1.23. The van der Waals surface area contributed by atoms with Crippen LogP contribution < -0.4 is 0 Å². The fraction of sp³-hybridized carbons (Fsp3) is 0.333. The molecule has 1 aliphatic rings. The van der Waals surface area contributed by atoms with Crippen molar-refractivity contribution < 1.29 is 0 Å². The molecular weight excluding hydrogens is 313 g/mol. The van der Waals surface area contributed by atoms with Crippen molar-refractivity contribution in [3.05, 3.63) is 42.5 Å². The Kier molecular flexibility index (Phi) is 4.46. The van der Waals surface area contributed by atoms with Crippen LogP contribution in [-0.4, -0.2) is 34.6 Å². The zero-order chi connectivity index (χ0) is 10.8. The van der Waals surface area contributed by atoms with Crippen LogP contribution in [0.3, 0.4) is 0 Å². The van der Waals surface area contributed by atoms with Gasteiger partial charge in [-0.05, 0) is 24.3 Å². The van der Waals surface area contributed by atoms with E-state index in [4.69, 9.17) is 0 Å². The molecule has 4 heteroatoms. The lowest BCUT2D eigenvalue weighted by molar-refractivity contribution is 0.258. The summed E-state index contributed by atoms with van der Waals surface area (Å²) < 4.78 is 2.11. The molecule has 0 radical (unpaired) electrons. The largest absolute Gasteiger partial charge is 0.356 e. The molecule has 2 rings (SSSR count). The third-order valence-corrected chi connectivity index (χ3v) is 2.79. The predicted molar refractivity (Wildman–Crippen MR) is 78.3 cm³/mol. The SMILES string of the molecule is CN1C=CN(C)C1/C=C/c1cccn1C.I. The van der Waals surface area contributed by atoms with Crippen molar-refractivity contribution in [3.63, 3.8) is 0 Å². The molecule has 0 bridgehead atoms. The Morgan fingerprint density at radius 1 is 1.12 bits per heavy atom. The summed E-state index contributed by atoms with van der Waals surface area (Å²) >= 11 is 0. The van der Waals surface area contributed by atoms with Gasteiger partial charge in [0, 0.05) is 45.4 Å². The van der Waals surface area contributed by atoms with E-state index in [1.54, 1.807) is 0 Å². The summed E-state index contributed by atoms with van der Waals surface area (Å²) in [4.78, 5) is 4.36. The van der Waals surface area contributed by atoms with E-state index in [-0.39, 0.29) is 24.0 Å². The molecule has 1 aromatic rings. The number of nitrogens with zero attached hydrogens (tertiary/aromatic N) is 3. The van der Waals surface area contributed by atoms with E-state index >= 15 is 0 Å². The van der Waals surface area contributed by atoms with Gasteiger partial charge in [0.2, 0.25) is 0 Å². The smallest absolute Gasteiger partial charge is 0.120 e. The lowest BCUT2D eigenvalue weighted by Gasteiger charge is -2.24. The van der Waals surface area contributed by atoms with E-state index in [1.165, 1.54) is 5.69 Å². The molecule has 0 aromatic carbocycles. The van der Waals surface area contributed by atoms with Crippen LogP contribution in [0.15, 0.2) is 36.8 Å². The predicted octanol–water partition coefficient (Wildman–Crippen LogP) is 2.33. The van der Waals surface area contributed by atoms with Crippen molar-refractivity contribution in [2.45, 2.75) is 6.17 Å². The molecule has 0 aliphatic carbocycles. The summed E-state index contributed by atoms with van der Waals surface area (Å²) in [6, 6.07) is 4.17. The Hall–Kier alpha value is -0.910. The molecule has 16 heavy (non-hydrogen) atoms. The fourth-order valence-electron chi connectivity index (χ4n) is 1.78. The number of halogens is 1. The minimum Gasteiger partial charge on any atom is -0.356 e. The highest BCUT2D eigenvalue weighted by Crippen LogP contribution is 2.14. The third-order valence-electron chi connectivity index (χ3n) is 2.79. The Bertz CT molecular complexity index is 383. The summed E-state index contributed by atoms with van der Waals surface area (Å²) in [6.07, 6.45) is 10.9. The molecular formula is C12H18IN3. The molecule has 0 atom stereocenters. The summed E-state index contributed by atoms with van der Waals surface area (Å²) in [5.74, 6) is 0. The quantitative estimate of drug-likeness (QED) is 0.771. The maximum absolute atomic E-state index is 2.20. The molecule has 1 aliphatic heterocycles. The molecule has 0 fully saturated rings. The minimum atomic E-state index is 0.